The van der Waals surface area contributed by atoms with Crippen molar-refractivity contribution in [1.29, 1.82) is 0 Å². The van der Waals surface area contributed by atoms with E-state index in [-0.39, 0.29) is 24.1 Å². The Morgan fingerprint density at radius 3 is 2.54 bits per heavy atom. The molecule has 1 saturated heterocycles. The van der Waals surface area contributed by atoms with E-state index < -0.39 is 0 Å². The average molecular weight is 576 g/mol. The molecular formula is C29H36Cl2N4O4. The summed E-state index contributed by atoms with van der Waals surface area (Å²) in [6.07, 6.45) is 3.52. The van der Waals surface area contributed by atoms with Gasteiger partial charge in [0, 0.05) is 58.6 Å². The molecule has 0 aliphatic carbocycles. The number of benzene rings is 2. The monoisotopic (exact) mass is 574 g/mol. The molecule has 0 aromatic heterocycles. The van der Waals surface area contributed by atoms with Crippen LogP contribution in [0.15, 0.2) is 36.4 Å². The Labute approximate surface area is 240 Å². The number of piperazine rings is 1. The van der Waals surface area contributed by atoms with Crippen LogP contribution in [-0.4, -0.2) is 68.5 Å². The Bertz CT molecular complexity index is 1180. The molecule has 2 aliphatic rings. The van der Waals surface area contributed by atoms with E-state index in [1.54, 1.807) is 6.07 Å². The fourth-order valence-corrected chi connectivity index (χ4v) is 5.42. The Morgan fingerprint density at radius 2 is 1.77 bits per heavy atom. The summed E-state index contributed by atoms with van der Waals surface area (Å²) in [7, 11) is 0. The van der Waals surface area contributed by atoms with E-state index in [9.17, 15) is 14.4 Å². The SMILES string of the molecule is CC(=O)NCCCC(=O)N1C(=O)CCc2ccc(OCCCCN3CCN(c4cccc(Cl)c4Cl)CC3)cc21. The number of unbranched alkanes of at least 4 members (excludes halogenated alkanes) is 1. The van der Waals surface area contributed by atoms with Crippen LogP contribution in [-0.2, 0) is 20.8 Å². The van der Waals surface area contributed by atoms with Crippen LogP contribution in [0.4, 0.5) is 11.4 Å². The third kappa shape index (κ3) is 7.87. The van der Waals surface area contributed by atoms with E-state index in [0.717, 1.165) is 56.8 Å². The molecule has 0 saturated carbocycles. The van der Waals surface area contributed by atoms with Crippen molar-refractivity contribution in [2.75, 3.05) is 55.7 Å². The lowest BCUT2D eigenvalue weighted by atomic mass is 10.00. The molecule has 210 valence electrons. The van der Waals surface area contributed by atoms with Gasteiger partial charge < -0.3 is 15.0 Å². The van der Waals surface area contributed by atoms with Gasteiger partial charge in [-0.1, -0.05) is 35.3 Å². The van der Waals surface area contributed by atoms with Crippen LogP contribution in [0.3, 0.4) is 0 Å². The summed E-state index contributed by atoms with van der Waals surface area (Å²) in [4.78, 5) is 42.5. The minimum absolute atomic E-state index is 0.134. The Hall–Kier alpha value is -2.81. The molecule has 39 heavy (non-hydrogen) atoms. The van der Waals surface area contributed by atoms with Crippen LogP contribution in [0.5, 0.6) is 5.75 Å². The van der Waals surface area contributed by atoms with Gasteiger partial charge in [-0.05, 0) is 56.0 Å². The van der Waals surface area contributed by atoms with Crippen LogP contribution in [0.2, 0.25) is 10.0 Å². The number of imide groups is 1. The van der Waals surface area contributed by atoms with Gasteiger partial charge in [-0.2, -0.15) is 0 Å². The van der Waals surface area contributed by atoms with Crippen molar-refractivity contribution in [3.8, 4) is 5.75 Å². The van der Waals surface area contributed by atoms with E-state index in [2.05, 4.69) is 15.1 Å². The second-order valence-electron chi connectivity index (χ2n) is 9.96. The summed E-state index contributed by atoms with van der Waals surface area (Å²) in [6.45, 7) is 7.17. The van der Waals surface area contributed by atoms with Gasteiger partial charge in [-0.3, -0.25) is 24.2 Å². The summed E-state index contributed by atoms with van der Waals surface area (Å²) in [5.41, 5.74) is 2.58. The molecule has 4 rings (SSSR count). The predicted molar refractivity (Wildman–Crippen MR) is 155 cm³/mol. The Morgan fingerprint density at radius 1 is 0.974 bits per heavy atom. The number of anilines is 2. The number of aryl methyl sites for hydroxylation is 1. The van der Waals surface area contributed by atoms with Crippen molar-refractivity contribution < 1.29 is 19.1 Å². The summed E-state index contributed by atoms with van der Waals surface area (Å²) >= 11 is 12.6. The Balaban J connectivity index is 1.21. The van der Waals surface area contributed by atoms with Gasteiger partial charge in [0.05, 0.1) is 28.0 Å². The number of halogens is 2. The molecule has 1 N–H and O–H groups in total. The summed E-state index contributed by atoms with van der Waals surface area (Å²) in [5.74, 6) is 0.0833. The highest BCUT2D eigenvalue weighted by Crippen LogP contribution is 2.34. The second kappa shape index (κ2) is 14.0. The number of carbonyl (C=O) groups is 3. The summed E-state index contributed by atoms with van der Waals surface area (Å²) in [6, 6.07) is 11.4. The molecule has 2 aromatic rings. The molecule has 8 nitrogen and oxygen atoms in total. The zero-order chi connectivity index (χ0) is 27.8. The van der Waals surface area contributed by atoms with E-state index in [0.29, 0.717) is 53.9 Å². The molecule has 2 aromatic carbocycles. The number of hydrogen-bond donors (Lipinski definition) is 1. The van der Waals surface area contributed by atoms with Crippen LogP contribution < -0.4 is 19.9 Å². The fourth-order valence-electron chi connectivity index (χ4n) is 5.01. The second-order valence-corrected chi connectivity index (χ2v) is 10.7. The number of ether oxygens (including phenoxy) is 1. The molecule has 0 atom stereocenters. The van der Waals surface area contributed by atoms with E-state index in [4.69, 9.17) is 27.9 Å². The first-order valence-electron chi connectivity index (χ1n) is 13.6. The number of nitrogens with one attached hydrogen (secondary N) is 1. The minimum Gasteiger partial charge on any atom is -0.494 e. The van der Waals surface area contributed by atoms with Crippen molar-refractivity contribution in [3.05, 3.63) is 52.0 Å². The minimum atomic E-state index is -0.249. The maximum absolute atomic E-state index is 12.8. The third-order valence-corrected chi connectivity index (χ3v) is 7.94. The predicted octanol–water partition coefficient (Wildman–Crippen LogP) is 4.70. The van der Waals surface area contributed by atoms with Gasteiger partial charge in [-0.15, -0.1) is 0 Å². The van der Waals surface area contributed by atoms with Gasteiger partial charge in [0.1, 0.15) is 5.75 Å². The summed E-state index contributed by atoms with van der Waals surface area (Å²) in [5, 5.41) is 3.88. The third-order valence-electron chi connectivity index (χ3n) is 7.13. The molecule has 3 amide bonds. The number of carbonyl (C=O) groups excluding carboxylic acids is 3. The van der Waals surface area contributed by atoms with Gasteiger partial charge >= 0.3 is 0 Å². The van der Waals surface area contributed by atoms with Crippen molar-refractivity contribution in [2.24, 2.45) is 0 Å². The van der Waals surface area contributed by atoms with Crippen LogP contribution in [0, 0.1) is 0 Å². The lowest BCUT2D eigenvalue weighted by Gasteiger charge is -2.36. The normalized spacial score (nSPS) is 15.7. The first kappa shape index (κ1) is 29.2. The topological polar surface area (TPSA) is 82.2 Å². The van der Waals surface area contributed by atoms with Gasteiger partial charge in [0.2, 0.25) is 17.7 Å². The average Bonchev–Trinajstić information content (AvgIpc) is 2.92. The molecule has 2 heterocycles. The van der Waals surface area contributed by atoms with Crippen LogP contribution >= 0.6 is 23.2 Å². The standard InChI is InChI=1S/C29H36Cl2N4O4/c1-21(36)32-13-5-8-27(37)35-26-20-23(11-9-22(26)10-12-28(35)38)39-19-3-2-14-33-15-17-34(18-16-33)25-7-4-6-24(30)29(25)31/h4,6-7,9,11,20H,2-3,5,8,10,12-19H2,1H3,(H,32,36). The zero-order valence-corrected chi connectivity index (χ0v) is 23.9. The molecular weight excluding hydrogens is 539 g/mol. The molecule has 1 fully saturated rings. The highest BCUT2D eigenvalue weighted by molar-refractivity contribution is 6.43. The highest BCUT2D eigenvalue weighted by atomic mass is 35.5. The van der Waals surface area contributed by atoms with Gasteiger partial charge in [-0.25, -0.2) is 0 Å². The highest BCUT2D eigenvalue weighted by Gasteiger charge is 2.29. The molecule has 10 heteroatoms. The largest absolute Gasteiger partial charge is 0.494 e. The fraction of sp³-hybridized carbons (Fsp3) is 0.483. The lowest BCUT2D eigenvalue weighted by Crippen LogP contribution is -2.46. The van der Waals surface area contributed by atoms with Crippen LogP contribution in [0.1, 0.15) is 44.6 Å². The Kier molecular flexibility index (Phi) is 10.5. The molecule has 0 unspecified atom stereocenters. The summed E-state index contributed by atoms with van der Waals surface area (Å²) < 4.78 is 6.00. The van der Waals surface area contributed by atoms with E-state index in [1.165, 1.54) is 11.8 Å². The van der Waals surface area contributed by atoms with E-state index >= 15 is 0 Å². The van der Waals surface area contributed by atoms with Crippen molar-refractivity contribution >= 4 is 52.3 Å². The molecule has 0 bridgehead atoms. The number of nitrogens with zero attached hydrogens (tertiary/aromatic N) is 3. The van der Waals surface area contributed by atoms with E-state index in [1.807, 2.05) is 30.3 Å². The number of hydrogen-bond acceptors (Lipinski definition) is 6. The van der Waals surface area contributed by atoms with Crippen LogP contribution in [0.25, 0.3) is 0 Å². The van der Waals surface area contributed by atoms with Gasteiger partial charge in [0.25, 0.3) is 0 Å². The maximum Gasteiger partial charge on any atom is 0.234 e. The first-order valence-corrected chi connectivity index (χ1v) is 14.4. The zero-order valence-electron chi connectivity index (χ0n) is 22.4. The smallest absolute Gasteiger partial charge is 0.234 e. The van der Waals surface area contributed by atoms with Crippen molar-refractivity contribution in [1.82, 2.24) is 10.2 Å². The number of rotatable bonds is 11. The molecule has 0 radical (unpaired) electrons. The van der Waals surface area contributed by atoms with Gasteiger partial charge in [0.15, 0.2) is 0 Å². The molecule has 0 spiro atoms. The lowest BCUT2D eigenvalue weighted by molar-refractivity contribution is -0.127. The maximum atomic E-state index is 12.8. The first-order chi connectivity index (χ1) is 18.8. The number of fused-ring (bicyclic) bond motifs is 1. The van der Waals surface area contributed by atoms with Crippen molar-refractivity contribution in [3.63, 3.8) is 0 Å². The van der Waals surface area contributed by atoms with Crippen molar-refractivity contribution in [2.45, 2.75) is 45.4 Å². The molecule has 2 aliphatic heterocycles. The number of amides is 3. The quantitative estimate of drug-likeness (QED) is 0.392.